The van der Waals surface area contributed by atoms with Crippen LogP contribution in [0.4, 0.5) is 0 Å². The quantitative estimate of drug-likeness (QED) is 0.849. The summed E-state index contributed by atoms with van der Waals surface area (Å²) in [6.07, 6.45) is 0.488. The summed E-state index contributed by atoms with van der Waals surface area (Å²) >= 11 is 7.68. The van der Waals surface area contributed by atoms with Gasteiger partial charge >= 0.3 is 0 Å². The topological polar surface area (TPSA) is 55.5 Å². The van der Waals surface area contributed by atoms with Crippen LogP contribution in [0.25, 0.3) is 0 Å². The summed E-state index contributed by atoms with van der Waals surface area (Å²) in [7, 11) is 1.63. The molecule has 1 aliphatic heterocycles. The highest BCUT2D eigenvalue weighted by Gasteiger charge is 2.34. The fourth-order valence-corrected chi connectivity index (χ4v) is 3.35. The first-order valence-electron chi connectivity index (χ1n) is 5.00. The van der Waals surface area contributed by atoms with E-state index >= 15 is 0 Å². The molecule has 0 aliphatic carbocycles. The largest absolute Gasteiger partial charge is 0.496 e. The second kappa shape index (κ2) is 4.45. The Labute approximate surface area is 104 Å². The van der Waals surface area contributed by atoms with Crippen LogP contribution in [0.5, 0.6) is 5.75 Å². The maximum Gasteiger partial charge on any atom is 0.132 e. The van der Waals surface area contributed by atoms with E-state index in [1.54, 1.807) is 24.9 Å². The summed E-state index contributed by atoms with van der Waals surface area (Å²) in [5, 5.41) is 10.8. The summed E-state index contributed by atoms with van der Waals surface area (Å²) in [5.41, 5.74) is 5.66. The number of aliphatic hydroxyl groups is 1. The van der Waals surface area contributed by atoms with Crippen LogP contribution < -0.4 is 10.5 Å². The molecule has 0 aromatic heterocycles. The van der Waals surface area contributed by atoms with Crippen LogP contribution in [0.15, 0.2) is 17.0 Å². The Morgan fingerprint density at radius 1 is 1.62 bits per heavy atom. The van der Waals surface area contributed by atoms with Crippen LogP contribution in [0.2, 0.25) is 5.02 Å². The Kier molecular flexibility index (Phi) is 3.35. The van der Waals surface area contributed by atoms with Crippen LogP contribution in [-0.2, 0) is 6.42 Å². The maximum atomic E-state index is 10.2. The van der Waals surface area contributed by atoms with Crippen LogP contribution in [0.3, 0.4) is 0 Å². The van der Waals surface area contributed by atoms with Gasteiger partial charge in [-0.2, -0.15) is 0 Å². The molecule has 5 heteroatoms. The zero-order chi connectivity index (χ0) is 11.8. The van der Waals surface area contributed by atoms with Gasteiger partial charge in [0.15, 0.2) is 0 Å². The van der Waals surface area contributed by atoms with Crippen molar-refractivity contribution in [2.24, 2.45) is 5.73 Å². The Hall–Kier alpha value is -0.420. The Morgan fingerprint density at radius 3 is 3.00 bits per heavy atom. The van der Waals surface area contributed by atoms with E-state index in [0.717, 1.165) is 16.2 Å². The predicted molar refractivity (Wildman–Crippen MR) is 66.4 cm³/mol. The van der Waals surface area contributed by atoms with Crippen LogP contribution in [-0.4, -0.2) is 30.1 Å². The summed E-state index contributed by atoms with van der Waals surface area (Å²) in [5.74, 6) is 1.39. The third-order valence-corrected chi connectivity index (χ3v) is 4.53. The molecule has 1 heterocycles. The minimum Gasteiger partial charge on any atom is -0.496 e. The average Bonchev–Trinajstić information content (AvgIpc) is 2.30. The molecule has 2 rings (SSSR count). The van der Waals surface area contributed by atoms with Gasteiger partial charge in [0.1, 0.15) is 5.75 Å². The van der Waals surface area contributed by atoms with E-state index in [-0.39, 0.29) is 6.54 Å². The normalized spacial score (nSPS) is 24.0. The van der Waals surface area contributed by atoms with E-state index in [9.17, 15) is 5.11 Å². The van der Waals surface area contributed by atoms with Crippen molar-refractivity contribution in [3.63, 3.8) is 0 Å². The molecule has 3 N–H and O–H groups in total. The van der Waals surface area contributed by atoms with Gasteiger partial charge in [-0.15, -0.1) is 11.8 Å². The molecule has 3 nitrogen and oxygen atoms in total. The van der Waals surface area contributed by atoms with Gasteiger partial charge in [-0.25, -0.2) is 0 Å². The van der Waals surface area contributed by atoms with Crippen molar-refractivity contribution in [1.29, 1.82) is 0 Å². The molecular formula is C11H14ClNO2S. The summed E-state index contributed by atoms with van der Waals surface area (Å²) in [4.78, 5) is 1.02. The molecule has 0 saturated carbocycles. The number of nitrogens with two attached hydrogens (primary N) is 1. The second-order valence-electron chi connectivity index (χ2n) is 3.95. The van der Waals surface area contributed by atoms with Crippen molar-refractivity contribution in [2.75, 3.05) is 19.4 Å². The van der Waals surface area contributed by atoms with Gasteiger partial charge in [0.2, 0.25) is 0 Å². The van der Waals surface area contributed by atoms with Crippen LogP contribution in [0, 0.1) is 0 Å². The van der Waals surface area contributed by atoms with Crippen molar-refractivity contribution < 1.29 is 9.84 Å². The molecule has 1 aromatic carbocycles. The fourth-order valence-electron chi connectivity index (χ4n) is 1.78. The van der Waals surface area contributed by atoms with Crippen molar-refractivity contribution in [3.05, 3.63) is 22.7 Å². The molecule has 1 aromatic rings. The zero-order valence-electron chi connectivity index (χ0n) is 9.00. The number of rotatable bonds is 2. The molecule has 88 valence electrons. The molecule has 1 atom stereocenters. The standard InChI is InChI=1S/C11H14ClNO2S/c1-15-9-3-2-8(12)7-4-11(14,5-13)6-16-10(7)9/h2-3,14H,4-6,13H2,1H3. The minimum atomic E-state index is -0.854. The van der Waals surface area contributed by atoms with Gasteiger partial charge in [-0.1, -0.05) is 11.6 Å². The van der Waals surface area contributed by atoms with Crippen LogP contribution in [0.1, 0.15) is 5.56 Å². The number of hydrogen-bond donors (Lipinski definition) is 2. The summed E-state index contributed by atoms with van der Waals surface area (Å²) in [6.45, 7) is 0.243. The Bertz CT molecular complexity index is 413. The monoisotopic (exact) mass is 259 g/mol. The van der Waals surface area contributed by atoms with Gasteiger partial charge in [-0.05, 0) is 17.7 Å². The first-order valence-corrected chi connectivity index (χ1v) is 6.36. The smallest absolute Gasteiger partial charge is 0.132 e. The average molecular weight is 260 g/mol. The first-order chi connectivity index (χ1) is 7.59. The number of benzene rings is 1. The van der Waals surface area contributed by atoms with E-state index in [4.69, 9.17) is 22.1 Å². The van der Waals surface area contributed by atoms with Gasteiger partial charge in [-0.3, -0.25) is 0 Å². The molecule has 0 fully saturated rings. The van der Waals surface area contributed by atoms with Gasteiger partial charge in [0.25, 0.3) is 0 Å². The number of thioether (sulfide) groups is 1. The summed E-state index contributed by atoms with van der Waals surface area (Å²) < 4.78 is 5.28. The predicted octanol–water partition coefficient (Wildman–Crippen LogP) is 1.69. The van der Waals surface area contributed by atoms with Crippen molar-refractivity contribution in [3.8, 4) is 5.75 Å². The van der Waals surface area contributed by atoms with Crippen molar-refractivity contribution in [1.82, 2.24) is 0 Å². The van der Waals surface area contributed by atoms with Gasteiger partial charge in [0, 0.05) is 23.7 Å². The highest BCUT2D eigenvalue weighted by atomic mass is 35.5. The molecule has 0 bridgehead atoms. The van der Waals surface area contributed by atoms with Crippen molar-refractivity contribution in [2.45, 2.75) is 16.9 Å². The van der Waals surface area contributed by atoms with Gasteiger partial charge in [0.05, 0.1) is 17.6 Å². The Balaban J connectivity index is 2.45. The lowest BCUT2D eigenvalue weighted by atomic mass is 9.95. The molecule has 16 heavy (non-hydrogen) atoms. The highest BCUT2D eigenvalue weighted by molar-refractivity contribution is 7.99. The zero-order valence-corrected chi connectivity index (χ0v) is 10.6. The van der Waals surface area contributed by atoms with Gasteiger partial charge < -0.3 is 15.6 Å². The van der Waals surface area contributed by atoms with E-state index in [1.807, 2.05) is 6.07 Å². The first kappa shape index (κ1) is 12.0. The number of fused-ring (bicyclic) bond motifs is 1. The highest BCUT2D eigenvalue weighted by Crippen LogP contribution is 2.43. The molecular weight excluding hydrogens is 246 g/mol. The minimum absolute atomic E-state index is 0.243. The van der Waals surface area contributed by atoms with E-state index < -0.39 is 5.60 Å². The van der Waals surface area contributed by atoms with Crippen molar-refractivity contribution >= 4 is 23.4 Å². The number of halogens is 1. The lowest BCUT2D eigenvalue weighted by molar-refractivity contribution is 0.0721. The third kappa shape index (κ3) is 2.02. The molecule has 0 radical (unpaired) electrons. The molecule has 0 saturated heterocycles. The molecule has 1 aliphatic rings. The molecule has 1 unspecified atom stereocenters. The molecule has 0 spiro atoms. The van der Waals surface area contributed by atoms with E-state index in [2.05, 4.69) is 0 Å². The Morgan fingerprint density at radius 2 is 2.38 bits per heavy atom. The maximum absolute atomic E-state index is 10.2. The van der Waals surface area contributed by atoms with E-state index in [0.29, 0.717) is 17.2 Å². The lowest BCUT2D eigenvalue weighted by Crippen LogP contribution is -2.44. The lowest BCUT2D eigenvalue weighted by Gasteiger charge is -2.32. The summed E-state index contributed by atoms with van der Waals surface area (Å²) in [6, 6.07) is 3.64. The second-order valence-corrected chi connectivity index (χ2v) is 5.34. The number of methoxy groups -OCH3 is 1. The van der Waals surface area contributed by atoms with E-state index in [1.165, 1.54) is 0 Å². The number of ether oxygens (including phenoxy) is 1. The fraction of sp³-hybridized carbons (Fsp3) is 0.455. The third-order valence-electron chi connectivity index (χ3n) is 2.76. The van der Waals surface area contributed by atoms with Crippen LogP contribution >= 0.6 is 23.4 Å². The molecule has 0 amide bonds. The SMILES string of the molecule is COc1ccc(Cl)c2c1SCC(O)(CN)C2. The number of hydrogen-bond acceptors (Lipinski definition) is 4.